The van der Waals surface area contributed by atoms with E-state index in [1.54, 1.807) is 6.08 Å². The first kappa shape index (κ1) is 20.6. The predicted molar refractivity (Wildman–Crippen MR) is 86.9 cm³/mol. The third-order valence-electron chi connectivity index (χ3n) is 3.03. The molecule has 5 nitrogen and oxygen atoms in total. The fourth-order valence-electron chi connectivity index (χ4n) is 1.69. The Labute approximate surface area is 130 Å². The van der Waals surface area contributed by atoms with E-state index in [0.717, 1.165) is 12.8 Å². The molecule has 0 rings (SSSR count). The molecule has 0 aromatic carbocycles. The van der Waals surface area contributed by atoms with Crippen LogP contribution in [0.4, 0.5) is 0 Å². The maximum atomic E-state index is 11.6. The summed E-state index contributed by atoms with van der Waals surface area (Å²) >= 11 is 0. The van der Waals surface area contributed by atoms with Crippen molar-refractivity contribution in [1.82, 2.24) is 0 Å². The van der Waals surface area contributed by atoms with Crippen LogP contribution in [0.1, 0.15) is 51.9 Å². The summed E-state index contributed by atoms with van der Waals surface area (Å²) in [5.74, 6) is 0. The van der Waals surface area contributed by atoms with Gasteiger partial charge in [0.05, 0.1) is 27.4 Å². The van der Waals surface area contributed by atoms with Crippen molar-refractivity contribution < 1.29 is 23.0 Å². The van der Waals surface area contributed by atoms with Gasteiger partial charge in [0.1, 0.15) is 13.2 Å². The van der Waals surface area contributed by atoms with Gasteiger partial charge in [-0.05, 0) is 18.9 Å². The molecule has 0 saturated heterocycles. The van der Waals surface area contributed by atoms with Crippen molar-refractivity contribution in [2.45, 2.75) is 51.9 Å². The van der Waals surface area contributed by atoms with Crippen LogP contribution in [0.2, 0.25) is 0 Å². The number of phosphoric acid groups is 1. The number of quaternary nitrogens is 1. The Hall–Kier alpha value is -0.350. The summed E-state index contributed by atoms with van der Waals surface area (Å²) in [5, 5.41) is 0. The maximum Gasteiger partial charge on any atom is 0.527 e. The minimum atomic E-state index is -3.95. The second kappa shape index (κ2) is 11.2. The number of likely N-dealkylation sites (N-methyl/N-ethyl adjacent to an activating group) is 1. The molecular formula is C15H33NO4P+. The molecule has 0 spiro atoms. The Morgan fingerprint density at radius 2 is 1.71 bits per heavy atom. The topological polar surface area (TPSA) is 55.8 Å². The smallest absolute Gasteiger partial charge is 0.412 e. The van der Waals surface area contributed by atoms with E-state index < -0.39 is 7.82 Å². The number of unbranched alkanes of at least 4 members (excludes halogenated alkanes) is 6. The van der Waals surface area contributed by atoms with Gasteiger partial charge >= 0.3 is 7.82 Å². The van der Waals surface area contributed by atoms with E-state index in [9.17, 15) is 9.46 Å². The van der Waals surface area contributed by atoms with Crippen LogP contribution in [0, 0.1) is 0 Å². The standard InChI is InChI=1S/C15H32NO4P/c1-5-6-7-8-9-10-11-12-14-19-21(17,18)20-15-13-16(2,3)4/h12,14H,5-11,13,15H2,1-4H3/p+1/b14-12+. The van der Waals surface area contributed by atoms with E-state index in [1.807, 2.05) is 21.1 Å². The number of phosphoric ester groups is 1. The first-order chi connectivity index (χ1) is 9.77. The van der Waals surface area contributed by atoms with Gasteiger partial charge in [-0.3, -0.25) is 9.42 Å². The Morgan fingerprint density at radius 1 is 1.10 bits per heavy atom. The molecular weight excluding hydrogens is 289 g/mol. The lowest BCUT2D eigenvalue weighted by molar-refractivity contribution is -0.870. The van der Waals surface area contributed by atoms with E-state index in [2.05, 4.69) is 6.92 Å². The molecule has 0 aliphatic carbocycles. The SMILES string of the molecule is CCCCCCCC/C=C/OP(=O)(O)OCC[N+](C)(C)C. The minimum Gasteiger partial charge on any atom is -0.412 e. The van der Waals surface area contributed by atoms with E-state index in [-0.39, 0.29) is 6.61 Å². The van der Waals surface area contributed by atoms with Crippen LogP contribution < -0.4 is 0 Å². The van der Waals surface area contributed by atoms with Gasteiger partial charge in [0.2, 0.25) is 0 Å². The fourth-order valence-corrected chi connectivity index (χ4v) is 2.30. The summed E-state index contributed by atoms with van der Waals surface area (Å²) in [7, 11) is 2.03. The number of rotatable bonds is 13. The molecule has 6 heteroatoms. The Morgan fingerprint density at radius 3 is 2.33 bits per heavy atom. The van der Waals surface area contributed by atoms with Gasteiger partial charge in [-0.25, -0.2) is 4.57 Å². The predicted octanol–water partition coefficient (Wildman–Crippen LogP) is 4.09. The maximum absolute atomic E-state index is 11.6. The molecule has 0 amide bonds. The van der Waals surface area contributed by atoms with Gasteiger partial charge in [0, 0.05) is 0 Å². The summed E-state index contributed by atoms with van der Waals surface area (Å²) in [5.41, 5.74) is 0. The molecule has 0 aromatic heterocycles. The first-order valence-electron chi connectivity index (χ1n) is 7.88. The lowest BCUT2D eigenvalue weighted by atomic mass is 10.1. The van der Waals surface area contributed by atoms with Crippen molar-refractivity contribution >= 4 is 7.82 Å². The quantitative estimate of drug-likeness (QED) is 0.240. The highest BCUT2D eigenvalue weighted by molar-refractivity contribution is 7.47. The van der Waals surface area contributed by atoms with Crippen LogP contribution in [0.25, 0.3) is 0 Å². The summed E-state index contributed by atoms with van der Waals surface area (Å²) in [6.45, 7) is 3.05. The van der Waals surface area contributed by atoms with Gasteiger partial charge in [-0.15, -0.1) is 0 Å². The highest BCUT2D eigenvalue weighted by Gasteiger charge is 2.21. The van der Waals surface area contributed by atoms with Crippen LogP contribution in [0.15, 0.2) is 12.3 Å². The van der Waals surface area contributed by atoms with Gasteiger partial charge in [-0.2, -0.15) is 0 Å². The molecule has 0 radical (unpaired) electrons. The van der Waals surface area contributed by atoms with Crippen LogP contribution in [0.5, 0.6) is 0 Å². The van der Waals surface area contributed by atoms with Crippen molar-refractivity contribution in [1.29, 1.82) is 0 Å². The second-order valence-corrected chi connectivity index (χ2v) is 7.76. The third-order valence-corrected chi connectivity index (χ3v) is 3.93. The molecule has 21 heavy (non-hydrogen) atoms. The van der Waals surface area contributed by atoms with Crippen LogP contribution in [0.3, 0.4) is 0 Å². The lowest BCUT2D eigenvalue weighted by Gasteiger charge is -2.23. The van der Waals surface area contributed by atoms with E-state index in [0.29, 0.717) is 11.0 Å². The van der Waals surface area contributed by atoms with Crippen molar-refractivity contribution in [3.8, 4) is 0 Å². The van der Waals surface area contributed by atoms with E-state index >= 15 is 0 Å². The van der Waals surface area contributed by atoms with Gasteiger partial charge in [-0.1, -0.05) is 39.0 Å². The first-order valence-corrected chi connectivity index (χ1v) is 9.37. The molecule has 0 fully saturated rings. The Balaban J connectivity index is 3.63. The molecule has 0 aliphatic rings. The molecule has 0 bridgehead atoms. The summed E-state index contributed by atoms with van der Waals surface area (Å²) in [6.07, 6.45) is 11.3. The largest absolute Gasteiger partial charge is 0.527 e. The highest BCUT2D eigenvalue weighted by Crippen LogP contribution is 2.43. The summed E-state index contributed by atoms with van der Waals surface area (Å²) < 4.78 is 21.9. The van der Waals surface area contributed by atoms with E-state index in [4.69, 9.17) is 9.05 Å². The molecule has 1 atom stereocenters. The fraction of sp³-hybridized carbons (Fsp3) is 0.867. The zero-order valence-corrected chi connectivity index (χ0v) is 15.0. The number of allylic oxidation sites excluding steroid dienone is 1. The van der Waals surface area contributed by atoms with Gasteiger partial charge in [0.25, 0.3) is 0 Å². The lowest BCUT2D eigenvalue weighted by Crippen LogP contribution is -2.37. The molecule has 126 valence electrons. The van der Waals surface area contributed by atoms with Crippen LogP contribution in [-0.2, 0) is 13.6 Å². The number of hydrogen-bond donors (Lipinski definition) is 1. The number of hydrogen-bond acceptors (Lipinski definition) is 3. The van der Waals surface area contributed by atoms with Gasteiger partial charge in [0.15, 0.2) is 0 Å². The normalized spacial score (nSPS) is 15.3. The zero-order chi connectivity index (χ0) is 16.2. The zero-order valence-electron chi connectivity index (χ0n) is 14.1. The molecule has 0 aromatic rings. The summed E-state index contributed by atoms with van der Waals surface area (Å²) in [6, 6.07) is 0. The van der Waals surface area contributed by atoms with Crippen molar-refractivity contribution in [2.24, 2.45) is 0 Å². The minimum absolute atomic E-state index is 0.197. The van der Waals surface area contributed by atoms with Crippen LogP contribution >= 0.6 is 7.82 Å². The van der Waals surface area contributed by atoms with Crippen molar-refractivity contribution in [3.05, 3.63) is 12.3 Å². The average Bonchev–Trinajstić information content (AvgIpc) is 2.35. The molecule has 0 heterocycles. The van der Waals surface area contributed by atoms with Crippen molar-refractivity contribution in [2.75, 3.05) is 34.3 Å². The van der Waals surface area contributed by atoms with Gasteiger partial charge < -0.3 is 9.01 Å². The average molecular weight is 322 g/mol. The van der Waals surface area contributed by atoms with Crippen molar-refractivity contribution in [3.63, 3.8) is 0 Å². The third kappa shape index (κ3) is 15.9. The molecule has 1 N–H and O–H groups in total. The Bertz CT molecular complexity index is 326. The second-order valence-electron chi connectivity index (χ2n) is 6.35. The number of nitrogens with zero attached hydrogens (tertiary/aromatic N) is 1. The Kier molecular flexibility index (Phi) is 11.1. The highest BCUT2D eigenvalue weighted by atomic mass is 31.2. The van der Waals surface area contributed by atoms with Crippen LogP contribution in [-0.4, -0.2) is 43.7 Å². The summed E-state index contributed by atoms with van der Waals surface area (Å²) in [4.78, 5) is 9.46. The molecule has 1 unspecified atom stereocenters. The monoisotopic (exact) mass is 322 g/mol. The molecule has 0 aliphatic heterocycles. The molecule has 0 saturated carbocycles. The van der Waals surface area contributed by atoms with E-state index in [1.165, 1.54) is 38.4 Å².